The maximum Gasteiger partial charge on any atom is 0.116 e. The lowest BCUT2D eigenvalue weighted by molar-refractivity contribution is 0.559. The minimum Gasteiger partial charge on any atom is -0.353 e. The van der Waals surface area contributed by atoms with Crippen molar-refractivity contribution in [3.8, 4) is 0 Å². The summed E-state index contributed by atoms with van der Waals surface area (Å²) in [7, 11) is 0. The van der Waals surface area contributed by atoms with Crippen LogP contribution >= 0.6 is 11.6 Å². The average Bonchev–Trinajstić information content (AvgIpc) is 2.20. The first kappa shape index (κ1) is 8.85. The van der Waals surface area contributed by atoms with E-state index in [1.165, 1.54) is 5.69 Å². The molecule has 1 fully saturated rings. The van der Waals surface area contributed by atoms with E-state index >= 15 is 0 Å². The zero-order valence-corrected chi connectivity index (χ0v) is 8.17. The number of hydrogen-bond donors (Lipinski definition) is 1. The van der Waals surface area contributed by atoms with Crippen molar-refractivity contribution >= 4 is 17.3 Å². The molecule has 1 atom stereocenters. The minimum absolute atomic E-state index is 0.0798. The minimum atomic E-state index is 0.0798. The fourth-order valence-electron chi connectivity index (χ4n) is 1.58. The number of alkyl halides is 1. The first-order valence-corrected chi connectivity index (χ1v) is 4.98. The van der Waals surface area contributed by atoms with E-state index in [1.54, 1.807) is 0 Å². The lowest BCUT2D eigenvalue weighted by atomic mass is 10.2. The zero-order valence-electron chi connectivity index (χ0n) is 7.41. The van der Waals surface area contributed by atoms with Crippen LogP contribution in [0.1, 0.15) is 0 Å². The van der Waals surface area contributed by atoms with E-state index in [0.717, 1.165) is 19.6 Å². The molecule has 1 aliphatic rings. The van der Waals surface area contributed by atoms with Gasteiger partial charge in [0, 0.05) is 25.3 Å². The Bertz CT molecular complexity index is 263. The predicted octanol–water partition coefficient (Wildman–Crippen LogP) is 1.66. The molecule has 1 N–H and O–H groups in total. The smallest absolute Gasteiger partial charge is 0.116 e. The molecule has 3 heteroatoms. The molecule has 1 saturated heterocycles. The third-order valence-corrected chi connectivity index (χ3v) is 2.66. The Balaban J connectivity index is 2.15. The maximum atomic E-state index is 6.18. The molecular weight excluding hydrogens is 184 g/mol. The van der Waals surface area contributed by atoms with Gasteiger partial charge in [-0.1, -0.05) is 29.8 Å². The monoisotopic (exact) mass is 196 g/mol. The van der Waals surface area contributed by atoms with Crippen molar-refractivity contribution in [3.05, 3.63) is 30.3 Å². The van der Waals surface area contributed by atoms with Crippen LogP contribution in [0.3, 0.4) is 0 Å². The van der Waals surface area contributed by atoms with Crippen LogP contribution in [-0.4, -0.2) is 25.1 Å². The maximum absolute atomic E-state index is 6.18. The molecule has 1 aliphatic heterocycles. The molecule has 0 spiro atoms. The van der Waals surface area contributed by atoms with Crippen molar-refractivity contribution in [2.24, 2.45) is 0 Å². The summed E-state index contributed by atoms with van der Waals surface area (Å²) in [6, 6.07) is 10.3. The van der Waals surface area contributed by atoms with Crippen LogP contribution in [0.25, 0.3) is 0 Å². The fourth-order valence-corrected chi connectivity index (χ4v) is 1.90. The number of piperazine rings is 1. The van der Waals surface area contributed by atoms with Gasteiger partial charge in [0.2, 0.25) is 0 Å². The standard InChI is InChI=1S/C10H13ClN2/c11-10-8-12-6-7-13(10)9-4-2-1-3-5-9/h1-5,10,12H,6-8H2/t10-/m1/s1. The number of rotatable bonds is 1. The Labute approximate surface area is 83.5 Å². The molecule has 1 aromatic carbocycles. The van der Waals surface area contributed by atoms with Crippen LogP contribution in [0.4, 0.5) is 5.69 Å². The lowest BCUT2D eigenvalue weighted by Crippen LogP contribution is -2.48. The highest BCUT2D eigenvalue weighted by molar-refractivity contribution is 6.22. The summed E-state index contributed by atoms with van der Waals surface area (Å²) in [6.45, 7) is 2.85. The van der Waals surface area contributed by atoms with E-state index in [0.29, 0.717) is 0 Å². The van der Waals surface area contributed by atoms with Gasteiger partial charge in [-0.2, -0.15) is 0 Å². The molecule has 70 valence electrons. The Morgan fingerprint density at radius 1 is 1.31 bits per heavy atom. The van der Waals surface area contributed by atoms with Crippen molar-refractivity contribution in [2.45, 2.75) is 5.50 Å². The normalized spacial score (nSPS) is 23.2. The van der Waals surface area contributed by atoms with Gasteiger partial charge in [0.15, 0.2) is 0 Å². The molecule has 1 aromatic rings. The van der Waals surface area contributed by atoms with Crippen molar-refractivity contribution in [3.63, 3.8) is 0 Å². The summed E-state index contributed by atoms with van der Waals surface area (Å²) in [6.07, 6.45) is 0. The highest BCUT2D eigenvalue weighted by atomic mass is 35.5. The van der Waals surface area contributed by atoms with Gasteiger partial charge in [-0.3, -0.25) is 0 Å². The van der Waals surface area contributed by atoms with Crippen LogP contribution in [-0.2, 0) is 0 Å². The molecular formula is C10H13ClN2. The van der Waals surface area contributed by atoms with E-state index in [2.05, 4.69) is 22.3 Å². The quantitative estimate of drug-likeness (QED) is 0.543. The highest BCUT2D eigenvalue weighted by Crippen LogP contribution is 2.19. The number of halogens is 1. The van der Waals surface area contributed by atoms with E-state index in [4.69, 9.17) is 11.6 Å². The average molecular weight is 197 g/mol. The molecule has 0 radical (unpaired) electrons. The molecule has 0 amide bonds. The summed E-state index contributed by atoms with van der Waals surface area (Å²) in [5.74, 6) is 0. The molecule has 0 unspecified atom stereocenters. The first-order valence-electron chi connectivity index (χ1n) is 4.54. The molecule has 0 bridgehead atoms. The predicted molar refractivity (Wildman–Crippen MR) is 56.3 cm³/mol. The zero-order chi connectivity index (χ0) is 9.10. The van der Waals surface area contributed by atoms with Gasteiger partial charge in [-0.15, -0.1) is 0 Å². The third kappa shape index (κ3) is 1.95. The summed E-state index contributed by atoms with van der Waals surface area (Å²) in [4.78, 5) is 2.22. The Kier molecular flexibility index (Phi) is 2.71. The van der Waals surface area contributed by atoms with Crippen molar-refractivity contribution in [1.82, 2.24) is 5.32 Å². The van der Waals surface area contributed by atoms with Crippen molar-refractivity contribution in [1.29, 1.82) is 0 Å². The number of nitrogens with one attached hydrogen (secondary N) is 1. The Morgan fingerprint density at radius 3 is 2.77 bits per heavy atom. The molecule has 1 heterocycles. The molecule has 0 saturated carbocycles. The van der Waals surface area contributed by atoms with Crippen LogP contribution < -0.4 is 10.2 Å². The highest BCUT2D eigenvalue weighted by Gasteiger charge is 2.19. The summed E-state index contributed by atoms with van der Waals surface area (Å²) in [5.41, 5.74) is 1.29. The van der Waals surface area contributed by atoms with E-state index in [9.17, 15) is 0 Å². The second-order valence-corrected chi connectivity index (χ2v) is 3.67. The van der Waals surface area contributed by atoms with Gasteiger partial charge >= 0.3 is 0 Å². The summed E-state index contributed by atoms with van der Waals surface area (Å²) in [5, 5.41) is 3.26. The number of anilines is 1. The van der Waals surface area contributed by atoms with Gasteiger partial charge < -0.3 is 10.2 Å². The van der Waals surface area contributed by atoms with Gasteiger partial charge in [-0.25, -0.2) is 0 Å². The van der Waals surface area contributed by atoms with Gasteiger partial charge in [-0.05, 0) is 12.1 Å². The molecule has 0 aromatic heterocycles. The largest absolute Gasteiger partial charge is 0.353 e. The van der Waals surface area contributed by atoms with E-state index < -0.39 is 0 Å². The Hall–Kier alpha value is -0.730. The fraction of sp³-hybridized carbons (Fsp3) is 0.400. The second kappa shape index (κ2) is 3.99. The third-order valence-electron chi connectivity index (χ3n) is 2.27. The SMILES string of the molecule is Cl[C@H]1CNCCN1c1ccccc1. The van der Waals surface area contributed by atoms with E-state index in [1.807, 2.05) is 18.2 Å². The number of nitrogens with zero attached hydrogens (tertiary/aromatic N) is 1. The van der Waals surface area contributed by atoms with Crippen LogP contribution in [0.2, 0.25) is 0 Å². The van der Waals surface area contributed by atoms with Gasteiger partial charge in [0.05, 0.1) is 0 Å². The van der Waals surface area contributed by atoms with Crippen molar-refractivity contribution in [2.75, 3.05) is 24.5 Å². The van der Waals surface area contributed by atoms with Crippen molar-refractivity contribution < 1.29 is 0 Å². The molecule has 13 heavy (non-hydrogen) atoms. The van der Waals surface area contributed by atoms with Crippen LogP contribution in [0.5, 0.6) is 0 Å². The lowest BCUT2D eigenvalue weighted by Gasteiger charge is -2.34. The topological polar surface area (TPSA) is 15.3 Å². The molecule has 2 rings (SSSR count). The molecule has 2 nitrogen and oxygen atoms in total. The van der Waals surface area contributed by atoms with Gasteiger partial charge in [0.25, 0.3) is 0 Å². The number of hydrogen-bond acceptors (Lipinski definition) is 2. The van der Waals surface area contributed by atoms with Gasteiger partial charge in [0.1, 0.15) is 5.50 Å². The second-order valence-electron chi connectivity index (χ2n) is 3.17. The first-order chi connectivity index (χ1) is 6.38. The summed E-state index contributed by atoms with van der Waals surface area (Å²) < 4.78 is 0. The van der Waals surface area contributed by atoms with Crippen LogP contribution in [0, 0.1) is 0 Å². The molecule has 0 aliphatic carbocycles. The number of para-hydroxylation sites is 1. The van der Waals surface area contributed by atoms with Crippen LogP contribution in [0.15, 0.2) is 30.3 Å². The summed E-state index contributed by atoms with van der Waals surface area (Å²) >= 11 is 6.18. The number of benzene rings is 1. The Morgan fingerprint density at radius 2 is 2.08 bits per heavy atom. The van der Waals surface area contributed by atoms with E-state index in [-0.39, 0.29) is 5.50 Å².